The summed E-state index contributed by atoms with van der Waals surface area (Å²) in [6.45, 7) is 5.81. The Morgan fingerprint density at radius 3 is 2.33 bits per heavy atom. The van der Waals surface area contributed by atoms with Gasteiger partial charge < -0.3 is 9.64 Å². The molecule has 1 amide bonds. The SMILES string of the molecule is CN(C)C(=O)C(C)(C)CC1CCOCC1. The first-order chi connectivity index (χ1) is 6.93. The van der Waals surface area contributed by atoms with Crippen molar-refractivity contribution < 1.29 is 9.53 Å². The summed E-state index contributed by atoms with van der Waals surface area (Å²) in [4.78, 5) is 13.6. The molecule has 3 heteroatoms. The van der Waals surface area contributed by atoms with Crippen molar-refractivity contribution in [1.82, 2.24) is 4.90 Å². The Kier molecular flexibility index (Phi) is 4.14. The molecule has 0 radical (unpaired) electrons. The summed E-state index contributed by atoms with van der Waals surface area (Å²) in [5, 5.41) is 0. The smallest absolute Gasteiger partial charge is 0.227 e. The lowest BCUT2D eigenvalue weighted by molar-refractivity contribution is -0.139. The van der Waals surface area contributed by atoms with Crippen molar-refractivity contribution in [3.8, 4) is 0 Å². The minimum absolute atomic E-state index is 0.231. The van der Waals surface area contributed by atoms with E-state index in [0.29, 0.717) is 5.92 Å². The Bertz CT molecular complexity index is 218. The monoisotopic (exact) mass is 213 g/mol. The Balaban J connectivity index is 2.50. The van der Waals surface area contributed by atoms with Crippen LogP contribution in [0.15, 0.2) is 0 Å². The molecular weight excluding hydrogens is 190 g/mol. The molecule has 88 valence electrons. The van der Waals surface area contributed by atoms with Crippen LogP contribution in [0, 0.1) is 11.3 Å². The van der Waals surface area contributed by atoms with E-state index in [1.165, 1.54) is 0 Å². The first-order valence-corrected chi connectivity index (χ1v) is 5.73. The van der Waals surface area contributed by atoms with Crippen molar-refractivity contribution in [2.45, 2.75) is 33.1 Å². The third-order valence-electron chi connectivity index (χ3n) is 3.12. The molecule has 0 atom stereocenters. The van der Waals surface area contributed by atoms with Crippen molar-refractivity contribution >= 4 is 5.91 Å². The number of hydrogen-bond donors (Lipinski definition) is 0. The second-order valence-electron chi connectivity index (χ2n) is 5.34. The zero-order valence-electron chi connectivity index (χ0n) is 10.4. The molecule has 1 aliphatic heterocycles. The molecule has 1 heterocycles. The average molecular weight is 213 g/mol. The van der Waals surface area contributed by atoms with Crippen LogP contribution in [-0.2, 0) is 9.53 Å². The number of hydrogen-bond acceptors (Lipinski definition) is 2. The van der Waals surface area contributed by atoms with Gasteiger partial charge in [0.25, 0.3) is 0 Å². The van der Waals surface area contributed by atoms with Gasteiger partial charge in [-0.25, -0.2) is 0 Å². The highest BCUT2D eigenvalue weighted by Crippen LogP contribution is 2.32. The van der Waals surface area contributed by atoms with Crippen LogP contribution in [-0.4, -0.2) is 38.1 Å². The van der Waals surface area contributed by atoms with E-state index in [1.807, 2.05) is 27.9 Å². The van der Waals surface area contributed by atoms with Gasteiger partial charge in [0, 0.05) is 32.7 Å². The molecule has 0 saturated carbocycles. The largest absolute Gasteiger partial charge is 0.381 e. The van der Waals surface area contributed by atoms with Crippen molar-refractivity contribution in [2.24, 2.45) is 11.3 Å². The molecule has 0 aromatic rings. The molecule has 0 spiro atoms. The number of carbonyl (C=O) groups is 1. The summed E-state index contributed by atoms with van der Waals surface area (Å²) in [5.41, 5.74) is -0.231. The van der Waals surface area contributed by atoms with Crippen LogP contribution < -0.4 is 0 Å². The minimum atomic E-state index is -0.231. The van der Waals surface area contributed by atoms with E-state index in [2.05, 4.69) is 0 Å². The molecule has 0 aromatic heterocycles. The van der Waals surface area contributed by atoms with Gasteiger partial charge in [0.15, 0.2) is 0 Å². The van der Waals surface area contributed by atoms with Crippen molar-refractivity contribution in [2.75, 3.05) is 27.3 Å². The second-order valence-corrected chi connectivity index (χ2v) is 5.34. The zero-order valence-corrected chi connectivity index (χ0v) is 10.4. The molecule has 0 aliphatic carbocycles. The number of rotatable bonds is 3. The van der Waals surface area contributed by atoms with E-state index in [1.54, 1.807) is 4.90 Å². The topological polar surface area (TPSA) is 29.5 Å². The summed E-state index contributed by atoms with van der Waals surface area (Å²) in [6, 6.07) is 0. The van der Waals surface area contributed by atoms with Gasteiger partial charge >= 0.3 is 0 Å². The predicted octanol–water partition coefficient (Wildman–Crippen LogP) is 1.92. The highest BCUT2D eigenvalue weighted by atomic mass is 16.5. The maximum Gasteiger partial charge on any atom is 0.227 e. The lowest BCUT2D eigenvalue weighted by atomic mass is 9.79. The Morgan fingerprint density at radius 1 is 1.33 bits per heavy atom. The molecule has 1 rings (SSSR count). The molecule has 1 aliphatic rings. The summed E-state index contributed by atoms with van der Waals surface area (Å²) < 4.78 is 5.33. The third-order valence-corrected chi connectivity index (χ3v) is 3.12. The van der Waals surface area contributed by atoms with Crippen LogP contribution in [0.1, 0.15) is 33.1 Å². The first-order valence-electron chi connectivity index (χ1n) is 5.73. The van der Waals surface area contributed by atoms with Gasteiger partial charge in [-0.1, -0.05) is 13.8 Å². The van der Waals surface area contributed by atoms with E-state index in [4.69, 9.17) is 4.74 Å². The maximum absolute atomic E-state index is 11.9. The molecular formula is C12H23NO2. The van der Waals surface area contributed by atoms with Crippen molar-refractivity contribution in [1.29, 1.82) is 0 Å². The molecule has 0 N–H and O–H groups in total. The van der Waals surface area contributed by atoms with E-state index in [-0.39, 0.29) is 11.3 Å². The highest BCUT2D eigenvalue weighted by molar-refractivity contribution is 5.81. The fourth-order valence-corrected chi connectivity index (χ4v) is 2.36. The van der Waals surface area contributed by atoms with Gasteiger partial charge in [-0.2, -0.15) is 0 Å². The first kappa shape index (κ1) is 12.5. The molecule has 0 bridgehead atoms. The Labute approximate surface area is 92.8 Å². The van der Waals surface area contributed by atoms with E-state index < -0.39 is 0 Å². The van der Waals surface area contributed by atoms with Gasteiger partial charge in [0.2, 0.25) is 5.91 Å². The van der Waals surface area contributed by atoms with Gasteiger partial charge in [-0.3, -0.25) is 4.79 Å². The number of nitrogens with zero attached hydrogens (tertiary/aromatic N) is 1. The van der Waals surface area contributed by atoms with Crippen LogP contribution in [0.5, 0.6) is 0 Å². The lowest BCUT2D eigenvalue weighted by Crippen LogP contribution is -2.38. The second kappa shape index (κ2) is 4.97. The fraction of sp³-hybridized carbons (Fsp3) is 0.917. The predicted molar refractivity (Wildman–Crippen MR) is 60.6 cm³/mol. The van der Waals surface area contributed by atoms with Crippen LogP contribution in [0.2, 0.25) is 0 Å². The molecule has 0 aromatic carbocycles. The van der Waals surface area contributed by atoms with Gasteiger partial charge in [0.05, 0.1) is 0 Å². The van der Waals surface area contributed by atoms with Gasteiger partial charge in [-0.15, -0.1) is 0 Å². The summed E-state index contributed by atoms with van der Waals surface area (Å²) >= 11 is 0. The quantitative estimate of drug-likeness (QED) is 0.717. The van der Waals surface area contributed by atoms with Gasteiger partial charge in [0.1, 0.15) is 0 Å². The molecule has 15 heavy (non-hydrogen) atoms. The molecule has 3 nitrogen and oxygen atoms in total. The Hall–Kier alpha value is -0.570. The van der Waals surface area contributed by atoms with E-state index >= 15 is 0 Å². The fourth-order valence-electron chi connectivity index (χ4n) is 2.36. The van der Waals surface area contributed by atoms with Crippen molar-refractivity contribution in [3.63, 3.8) is 0 Å². The number of ether oxygens (including phenoxy) is 1. The van der Waals surface area contributed by atoms with Crippen LogP contribution in [0.3, 0.4) is 0 Å². The lowest BCUT2D eigenvalue weighted by Gasteiger charge is -2.32. The number of amides is 1. The summed E-state index contributed by atoms with van der Waals surface area (Å²) in [6.07, 6.45) is 3.18. The highest BCUT2D eigenvalue weighted by Gasteiger charge is 2.32. The van der Waals surface area contributed by atoms with E-state index in [0.717, 1.165) is 32.5 Å². The molecule has 1 saturated heterocycles. The standard InChI is InChI=1S/C12H23NO2/c1-12(2,11(14)13(3)4)9-10-5-7-15-8-6-10/h10H,5-9H2,1-4H3. The van der Waals surface area contributed by atoms with Crippen LogP contribution in [0.4, 0.5) is 0 Å². The minimum Gasteiger partial charge on any atom is -0.381 e. The van der Waals surface area contributed by atoms with Crippen LogP contribution >= 0.6 is 0 Å². The normalized spacial score (nSPS) is 18.9. The summed E-state index contributed by atoms with van der Waals surface area (Å²) in [7, 11) is 3.65. The van der Waals surface area contributed by atoms with Crippen molar-refractivity contribution in [3.05, 3.63) is 0 Å². The molecule has 0 unspecified atom stereocenters. The number of carbonyl (C=O) groups excluding carboxylic acids is 1. The maximum atomic E-state index is 11.9. The Morgan fingerprint density at radius 2 is 1.87 bits per heavy atom. The van der Waals surface area contributed by atoms with Crippen LogP contribution in [0.25, 0.3) is 0 Å². The molecule has 1 fully saturated rings. The van der Waals surface area contributed by atoms with Gasteiger partial charge in [-0.05, 0) is 25.2 Å². The third kappa shape index (κ3) is 3.49. The average Bonchev–Trinajstić information content (AvgIpc) is 2.17. The zero-order chi connectivity index (χ0) is 11.5. The van der Waals surface area contributed by atoms with E-state index in [9.17, 15) is 4.79 Å². The summed E-state index contributed by atoms with van der Waals surface area (Å²) in [5.74, 6) is 0.881.